The molecule has 0 spiro atoms. The van der Waals surface area contributed by atoms with Gasteiger partial charge in [-0.25, -0.2) is 0 Å². The molecule has 76 valence electrons. The third-order valence-corrected chi connectivity index (χ3v) is 2.60. The Morgan fingerprint density at radius 3 is 2.43 bits per heavy atom. The van der Waals surface area contributed by atoms with Gasteiger partial charge in [0.2, 0.25) is 0 Å². The van der Waals surface area contributed by atoms with Crippen molar-refractivity contribution in [2.45, 2.75) is 26.7 Å². The number of carboxylic acids is 1. The van der Waals surface area contributed by atoms with E-state index in [-0.39, 0.29) is 0 Å². The molecule has 0 heterocycles. The van der Waals surface area contributed by atoms with Crippen molar-refractivity contribution in [3.63, 3.8) is 0 Å². The monoisotopic (exact) mass is 212 g/mol. The molecule has 1 atom stereocenters. The van der Waals surface area contributed by atoms with Crippen LogP contribution in [0.15, 0.2) is 12.1 Å². The Labute approximate surface area is 88.5 Å². The maximum absolute atomic E-state index is 10.8. The lowest BCUT2D eigenvalue weighted by Crippen LogP contribution is -2.09. The maximum Gasteiger partial charge on any atom is 0.310 e. The number of rotatable bonds is 2. The van der Waals surface area contributed by atoms with E-state index in [1.54, 1.807) is 13.0 Å². The van der Waals surface area contributed by atoms with E-state index in [0.717, 1.165) is 11.1 Å². The molecule has 0 aliphatic rings. The van der Waals surface area contributed by atoms with Crippen LogP contribution in [0.25, 0.3) is 0 Å². The molecule has 0 saturated carbocycles. The Kier molecular flexibility index (Phi) is 3.17. The lowest BCUT2D eigenvalue weighted by Gasteiger charge is -2.13. The molecular formula is C11H13ClO2. The summed E-state index contributed by atoms with van der Waals surface area (Å²) in [5, 5.41) is 9.43. The number of hydrogen-bond donors (Lipinski definition) is 1. The van der Waals surface area contributed by atoms with E-state index >= 15 is 0 Å². The second-order valence-corrected chi connectivity index (χ2v) is 3.94. The Bertz CT molecular complexity index is 349. The molecule has 0 aromatic heterocycles. The summed E-state index contributed by atoms with van der Waals surface area (Å²) in [6.07, 6.45) is 0. The van der Waals surface area contributed by atoms with E-state index in [9.17, 15) is 4.79 Å². The average Bonchev–Trinajstić information content (AvgIpc) is 2.01. The first-order chi connectivity index (χ1) is 6.43. The topological polar surface area (TPSA) is 37.3 Å². The predicted molar refractivity (Wildman–Crippen MR) is 57.0 cm³/mol. The van der Waals surface area contributed by atoms with Crippen LogP contribution in [0, 0.1) is 13.8 Å². The number of benzene rings is 1. The third-order valence-electron chi connectivity index (χ3n) is 2.28. The van der Waals surface area contributed by atoms with Crippen LogP contribution >= 0.6 is 11.6 Å². The van der Waals surface area contributed by atoms with Gasteiger partial charge in [0.1, 0.15) is 0 Å². The Morgan fingerprint density at radius 1 is 1.43 bits per heavy atom. The molecule has 0 aliphatic carbocycles. The van der Waals surface area contributed by atoms with Crippen molar-refractivity contribution in [1.82, 2.24) is 0 Å². The third kappa shape index (κ3) is 2.07. The Morgan fingerprint density at radius 2 is 2.00 bits per heavy atom. The molecule has 0 aliphatic heterocycles. The highest BCUT2D eigenvalue weighted by Crippen LogP contribution is 2.29. The Balaban J connectivity index is 3.27. The Hall–Kier alpha value is -1.02. The molecule has 1 aromatic rings. The molecule has 2 nitrogen and oxygen atoms in total. The summed E-state index contributed by atoms with van der Waals surface area (Å²) in [5.74, 6) is -1.40. The summed E-state index contributed by atoms with van der Waals surface area (Å²) in [4.78, 5) is 10.8. The van der Waals surface area contributed by atoms with E-state index in [1.807, 2.05) is 19.9 Å². The molecule has 14 heavy (non-hydrogen) atoms. The highest BCUT2D eigenvalue weighted by Gasteiger charge is 2.19. The van der Waals surface area contributed by atoms with Gasteiger partial charge in [-0.1, -0.05) is 17.7 Å². The molecular weight excluding hydrogens is 200 g/mol. The van der Waals surface area contributed by atoms with Gasteiger partial charge < -0.3 is 5.11 Å². The number of hydrogen-bond acceptors (Lipinski definition) is 1. The van der Waals surface area contributed by atoms with Gasteiger partial charge in [0.15, 0.2) is 0 Å². The van der Waals surface area contributed by atoms with Crippen LogP contribution in [0.1, 0.15) is 29.5 Å². The summed E-state index contributed by atoms with van der Waals surface area (Å²) in [6, 6.07) is 3.74. The minimum Gasteiger partial charge on any atom is -0.481 e. The molecule has 1 unspecified atom stereocenters. The van der Waals surface area contributed by atoms with Gasteiger partial charge in [0.25, 0.3) is 0 Å². The van der Waals surface area contributed by atoms with E-state index in [4.69, 9.17) is 16.7 Å². The van der Waals surface area contributed by atoms with Crippen LogP contribution in [0.4, 0.5) is 0 Å². The average molecular weight is 213 g/mol. The number of aliphatic carboxylic acids is 1. The fourth-order valence-electron chi connectivity index (χ4n) is 1.60. The van der Waals surface area contributed by atoms with Crippen molar-refractivity contribution < 1.29 is 9.90 Å². The normalized spacial score (nSPS) is 12.6. The smallest absolute Gasteiger partial charge is 0.310 e. The van der Waals surface area contributed by atoms with Gasteiger partial charge in [-0.05, 0) is 43.5 Å². The van der Waals surface area contributed by atoms with Crippen molar-refractivity contribution in [3.8, 4) is 0 Å². The van der Waals surface area contributed by atoms with E-state index in [0.29, 0.717) is 10.6 Å². The first-order valence-corrected chi connectivity index (χ1v) is 4.80. The summed E-state index contributed by atoms with van der Waals surface area (Å²) < 4.78 is 0. The molecule has 0 saturated heterocycles. The summed E-state index contributed by atoms with van der Waals surface area (Å²) in [6.45, 7) is 5.47. The van der Waals surface area contributed by atoms with Crippen LogP contribution in [-0.4, -0.2) is 11.1 Å². The number of carboxylic acid groups (broad SMARTS) is 1. The van der Waals surface area contributed by atoms with Gasteiger partial charge >= 0.3 is 5.97 Å². The fourth-order valence-corrected chi connectivity index (χ4v) is 2.08. The van der Waals surface area contributed by atoms with Crippen LogP contribution in [-0.2, 0) is 4.79 Å². The second-order valence-electron chi connectivity index (χ2n) is 3.54. The zero-order chi connectivity index (χ0) is 10.9. The van der Waals surface area contributed by atoms with Crippen LogP contribution in [0.5, 0.6) is 0 Å². The van der Waals surface area contributed by atoms with Crippen molar-refractivity contribution in [2.24, 2.45) is 0 Å². The molecule has 3 heteroatoms. The molecule has 0 fully saturated rings. The predicted octanol–water partition coefficient (Wildman–Crippen LogP) is 3.14. The van der Waals surface area contributed by atoms with Gasteiger partial charge in [-0.15, -0.1) is 0 Å². The van der Waals surface area contributed by atoms with Gasteiger partial charge in [-0.3, -0.25) is 4.79 Å². The van der Waals surface area contributed by atoms with E-state index < -0.39 is 11.9 Å². The SMILES string of the molecule is Cc1cc(C)c(C(C)C(=O)O)c(Cl)c1. The number of carbonyl (C=O) groups is 1. The lowest BCUT2D eigenvalue weighted by atomic mass is 9.95. The zero-order valence-electron chi connectivity index (χ0n) is 8.47. The minimum atomic E-state index is -0.848. The standard InChI is InChI=1S/C11H13ClO2/c1-6-4-7(2)10(9(12)5-6)8(3)11(13)14/h4-5,8H,1-3H3,(H,13,14). The molecule has 1 rings (SSSR count). The summed E-state index contributed by atoms with van der Waals surface area (Å²) in [5.41, 5.74) is 2.70. The van der Waals surface area contributed by atoms with E-state index in [1.165, 1.54) is 0 Å². The van der Waals surface area contributed by atoms with Crippen LogP contribution in [0.2, 0.25) is 5.02 Å². The molecule has 0 bridgehead atoms. The van der Waals surface area contributed by atoms with Crippen molar-refractivity contribution in [3.05, 3.63) is 33.8 Å². The highest BCUT2D eigenvalue weighted by atomic mass is 35.5. The van der Waals surface area contributed by atoms with Gasteiger partial charge in [-0.2, -0.15) is 0 Å². The zero-order valence-corrected chi connectivity index (χ0v) is 9.22. The largest absolute Gasteiger partial charge is 0.481 e. The molecule has 0 amide bonds. The van der Waals surface area contributed by atoms with Gasteiger partial charge in [0, 0.05) is 5.02 Å². The highest BCUT2D eigenvalue weighted by molar-refractivity contribution is 6.31. The molecule has 1 N–H and O–H groups in total. The molecule has 0 radical (unpaired) electrons. The van der Waals surface area contributed by atoms with Crippen molar-refractivity contribution in [2.75, 3.05) is 0 Å². The number of aryl methyl sites for hydroxylation is 2. The quantitative estimate of drug-likeness (QED) is 0.818. The van der Waals surface area contributed by atoms with Crippen LogP contribution in [0.3, 0.4) is 0 Å². The summed E-state index contributed by atoms with van der Waals surface area (Å²) in [7, 11) is 0. The molecule has 1 aromatic carbocycles. The lowest BCUT2D eigenvalue weighted by molar-refractivity contribution is -0.138. The fraction of sp³-hybridized carbons (Fsp3) is 0.364. The maximum atomic E-state index is 10.8. The van der Waals surface area contributed by atoms with Crippen LogP contribution < -0.4 is 0 Å². The van der Waals surface area contributed by atoms with Crippen molar-refractivity contribution >= 4 is 17.6 Å². The first kappa shape index (κ1) is 11.1. The second kappa shape index (κ2) is 4.01. The first-order valence-electron chi connectivity index (χ1n) is 4.43. The number of halogens is 1. The van der Waals surface area contributed by atoms with E-state index in [2.05, 4.69) is 0 Å². The van der Waals surface area contributed by atoms with Gasteiger partial charge in [0.05, 0.1) is 5.92 Å². The van der Waals surface area contributed by atoms with Crippen molar-refractivity contribution in [1.29, 1.82) is 0 Å². The minimum absolute atomic E-state index is 0.539. The summed E-state index contributed by atoms with van der Waals surface area (Å²) >= 11 is 6.01.